The normalized spacial score (nSPS) is 20.1. The molecule has 4 aromatic rings. The summed E-state index contributed by atoms with van der Waals surface area (Å²) in [7, 11) is 0. The van der Waals surface area contributed by atoms with Gasteiger partial charge in [-0.2, -0.15) is 18.2 Å². The molecule has 1 aromatic heterocycles. The first-order chi connectivity index (χ1) is 29.3. The van der Waals surface area contributed by atoms with E-state index in [0.717, 1.165) is 43.3 Å². The number of thioether (sulfide) groups is 1. The van der Waals surface area contributed by atoms with Crippen LogP contribution >= 0.6 is 11.8 Å². The first-order valence-corrected chi connectivity index (χ1v) is 15.2. The zero-order chi connectivity index (χ0) is 49.6. The van der Waals surface area contributed by atoms with Crippen molar-refractivity contribution in [3.8, 4) is 11.1 Å². The van der Waals surface area contributed by atoms with E-state index in [1.165, 1.54) is 0 Å². The van der Waals surface area contributed by atoms with Crippen LogP contribution in [0.25, 0.3) is 11.1 Å². The number of carbonyl (C=O) groups is 1. The maximum absolute atomic E-state index is 15.3. The number of carbonyl (C=O) groups excluding carboxylic acids is 1. The number of hydrogen-bond donors (Lipinski definition) is 0. The quantitative estimate of drug-likeness (QED) is 0.0822. The Hall–Kier alpha value is -3.96. The number of rotatable bonds is 13. The van der Waals surface area contributed by atoms with Crippen molar-refractivity contribution >= 4 is 17.7 Å². The number of likely N-dealkylation sites (N-methyl/N-ethyl adjacent to an activating group) is 1. The molecule has 5 rings (SSSR count). The van der Waals surface area contributed by atoms with E-state index in [9.17, 15) is 30.6 Å². The number of alkyl halides is 3. The molecule has 3 aromatic carbocycles. The highest BCUT2D eigenvalue weighted by Gasteiger charge is 2.30. The maximum atomic E-state index is 15.3. The van der Waals surface area contributed by atoms with Gasteiger partial charge in [-0.15, -0.1) is 0 Å². The summed E-state index contributed by atoms with van der Waals surface area (Å²) in [5.41, 5.74) is -8.16. The molecule has 11 heteroatoms. The van der Waals surface area contributed by atoms with Crippen LogP contribution in [0.15, 0.2) is 76.6 Å². The first-order valence-electron chi connectivity index (χ1n) is 22.9. The number of amides is 1. The number of aromatic nitrogens is 2. The second kappa shape index (κ2) is 15.5. The van der Waals surface area contributed by atoms with Gasteiger partial charge in [0.05, 0.1) is 17.9 Å². The molecule has 0 saturated heterocycles. The zero-order valence-electron chi connectivity index (χ0n) is 42.8. The van der Waals surface area contributed by atoms with Gasteiger partial charge in [0, 0.05) is 47.4 Å². The molecule has 1 aliphatic carbocycles. The first kappa shape index (κ1) is 19.3. The lowest BCUT2D eigenvalue weighted by atomic mass is 9.98. The minimum atomic E-state index is -4.79. The number of halogens is 4. The van der Waals surface area contributed by atoms with Crippen molar-refractivity contribution in [1.82, 2.24) is 19.4 Å². The molecule has 48 heavy (non-hydrogen) atoms. The molecule has 0 saturated carbocycles. The topological polar surface area (TPSA) is 58.4 Å². The van der Waals surface area contributed by atoms with Gasteiger partial charge in [0.25, 0.3) is 5.56 Å². The highest BCUT2D eigenvalue weighted by atomic mass is 32.2. The van der Waals surface area contributed by atoms with Gasteiger partial charge >= 0.3 is 6.18 Å². The number of hydrogen-bond acceptors (Lipinski definition) is 5. The van der Waals surface area contributed by atoms with E-state index in [2.05, 4.69) is 4.98 Å². The van der Waals surface area contributed by atoms with Crippen LogP contribution in [0.4, 0.5) is 17.6 Å². The van der Waals surface area contributed by atoms with E-state index >= 15 is 4.79 Å². The third-order valence-corrected chi connectivity index (χ3v) is 7.86. The molecule has 1 amide bonds. The second-order valence-electron chi connectivity index (χ2n) is 10.2. The van der Waals surface area contributed by atoms with Crippen molar-refractivity contribution in [2.24, 2.45) is 0 Å². The van der Waals surface area contributed by atoms with Crippen molar-refractivity contribution in [3.63, 3.8) is 0 Å². The van der Waals surface area contributed by atoms with Gasteiger partial charge in [-0.05, 0) is 91.3 Å². The Bertz CT molecular complexity index is 2520. The van der Waals surface area contributed by atoms with E-state index in [1.54, 1.807) is 0 Å². The molecule has 0 spiro atoms. The minimum absolute atomic E-state index is 0.0477. The lowest BCUT2D eigenvalue weighted by Gasteiger charge is -2.28. The Morgan fingerprint density at radius 2 is 1.73 bits per heavy atom. The fourth-order valence-electron chi connectivity index (χ4n) is 4.62. The molecule has 0 aliphatic heterocycles. The fraction of sp³-hybridized carbons (Fsp3) is 0.378. The van der Waals surface area contributed by atoms with Gasteiger partial charge in [0.1, 0.15) is 12.3 Å². The van der Waals surface area contributed by atoms with Crippen LogP contribution in [0, 0.1) is 12.7 Å². The van der Waals surface area contributed by atoms with Gasteiger partial charge in [-0.25, -0.2) is 4.39 Å². The summed E-state index contributed by atoms with van der Waals surface area (Å²) in [6.45, 7) is -20.9. The smallest absolute Gasteiger partial charge is 0.336 e. The lowest BCUT2D eigenvalue weighted by molar-refractivity contribution is -0.137. The Morgan fingerprint density at radius 1 is 1.02 bits per heavy atom. The number of benzene rings is 3. The average molecular weight is 698 g/mol. The third-order valence-electron chi connectivity index (χ3n) is 7.07. The molecule has 0 N–H and O–H groups in total. The van der Waals surface area contributed by atoms with Gasteiger partial charge < -0.3 is 14.4 Å². The summed E-state index contributed by atoms with van der Waals surface area (Å²) in [6, 6.07) is 3.69. The summed E-state index contributed by atoms with van der Waals surface area (Å²) in [4.78, 5) is 31.4. The van der Waals surface area contributed by atoms with Gasteiger partial charge in [0.15, 0.2) is 5.16 Å². The van der Waals surface area contributed by atoms with E-state index in [1.807, 2.05) is 0 Å². The number of nitrogens with zero attached hydrogens (tertiary/aromatic N) is 4. The summed E-state index contributed by atoms with van der Waals surface area (Å²) < 4.78 is 206. The molecule has 1 aliphatic rings. The summed E-state index contributed by atoms with van der Waals surface area (Å²) in [6.07, 6.45) is -4.90. The third kappa shape index (κ3) is 8.54. The highest BCUT2D eigenvalue weighted by molar-refractivity contribution is 7.98. The van der Waals surface area contributed by atoms with E-state index in [4.69, 9.17) is 15.1 Å². The SMILES string of the molecule is [2H]c1c([2H])c(C([2H])([2H])N(C(=O)C([2H])([2H])n2c(SC([2H])([2H])c3ccc(F)cc3)nc(=O)c3c2CCC3)C([2H])([2H])C([2H])([2H])N(C([2H])([2H])C)C([2H])([2H])C)c(C)c([2H])c1-c1ccc(C(F)(F)F)cc1. The summed E-state index contributed by atoms with van der Waals surface area (Å²) >= 11 is 0.0477. The molecular formula is C37H40F4N4O2S. The average Bonchev–Trinajstić information content (AvgIpc) is 3.62. The standard InChI is InChI=1S/C37H40F4N4O2S/c1-4-43(5-2)19-20-44(22-29-12-11-28(21-25(29)3)27-13-15-30(16-14-27)37(39,40)41)34(46)23-45-33-8-6-7-32(33)35(47)42-36(45)48-24-26-9-17-31(38)18-10-26/h9-18,21H,4-8,19-20,22-24H2,1-3H3/i4D2,5D2,11D,12D,19D2,20D2,21D,22D2,23D2,24D2. The Kier molecular flexibility index (Phi) is 6.23. The van der Waals surface area contributed by atoms with Crippen molar-refractivity contribution < 1.29 is 45.7 Å². The van der Waals surface area contributed by atoms with Crippen LogP contribution in [-0.4, -0.2) is 51.2 Å². The molecule has 1 heterocycles. The molecule has 6 nitrogen and oxygen atoms in total. The zero-order valence-corrected chi connectivity index (χ0v) is 26.6. The number of fused-ring (bicyclic) bond motifs is 1. The van der Waals surface area contributed by atoms with Crippen molar-refractivity contribution in [3.05, 3.63) is 116 Å². The summed E-state index contributed by atoms with van der Waals surface area (Å²) in [5.74, 6) is -3.15. The Balaban J connectivity index is 1.84. The van der Waals surface area contributed by atoms with Crippen LogP contribution < -0.4 is 5.56 Å². The lowest BCUT2D eigenvalue weighted by Crippen LogP contribution is -2.40. The monoisotopic (exact) mass is 697 g/mol. The van der Waals surface area contributed by atoms with Gasteiger partial charge in [-0.3, -0.25) is 9.59 Å². The van der Waals surface area contributed by atoms with Crippen LogP contribution in [0.1, 0.15) is 77.1 Å². The predicted molar refractivity (Wildman–Crippen MR) is 181 cm³/mol. The largest absolute Gasteiger partial charge is 0.416 e. The van der Waals surface area contributed by atoms with Crippen LogP contribution in [0.5, 0.6) is 0 Å². The van der Waals surface area contributed by atoms with Crippen LogP contribution in [-0.2, 0) is 42.5 Å². The maximum Gasteiger partial charge on any atom is 0.416 e. The van der Waals surface area contributed by atoms with Crippen molar-refractivity contribution in [1.29, 1.82) is 0 Å². The molecule has 0 bridgehead atoms. The fourth-order valence-corrected chi connectivity index (χ4v) is 5.34. The van der Waals surface area contributed by atoms with Crippen LogP contribution in [0.2, 0.25) is 0 Å². The molecule has 0 atom stereocenters. The highest BCUT2D eigenvalue weighted by Crippen LogP contribution is 2.32. The summed E-state index contributed by atoms with van der Waals surface area (Å²) in [5, 5.41) is -0.885. The Labute approximate surface area is 306 Å². The van der Waals surface area contributed by atoms with Gasteiger partial charge in [0.2, 0.25) is 5.91 Å². The minimum Gasteiger partial charge on any atom is -0.336 e. The van der Waals surface area contributed by atoms with Gasteiger partial charge in [-0.1, -0.05) is 68.0 Å². The molecule has 0 unspecified atom stereocenters. The van der Waals surface area contributed by atoms with Crippen molar-refractivity contribution in [2.45, 2.75) is 70.1 Å². The molecule has 0 fully saturated rings. The van der Waals surface area contributed by atoms with E-state index < -0.39 is 119 Å². The second-order valence-corrected chi connectivity index (χ2v) is 11.0. The molecule has 0 radical (unpaired) electrons. The predicted octanol–water partition coefficient (Wildman–Crippen LogP) is 7.53. The molecular weight excluding hydrogens is 640 g/mol. The van der Waals surface area contributed by atoms with E-state index in [-0.39, 0.29) is 58.3 Å². The Morgan fingerprint density at radius 3 is 2.40 bits per heavy atom. The molecule has 254 valence electrons. The van der Waals surface area contributed by atoms with E-state index in [0.29, 0.717) is 30.5 Å². The van der Waals surface area contributed by atoms with Crippen LogP contribution in [0.3, 0.4) is 0 Å². The van der Waals surface area contributed by atoms with Crippen molar-refractivity contribution in [2.75, 3.05) is 26.0 Å².